The summed E-state index contributed by atoms with van der Waals surface area (Å²) in [5, 5.41) is 6.39. The molecule has 0 aliphatic rings. The Kier molecular flexibility index (Phi) is 3.79. The van der Waals surface area contributed by atoms with Crippen molar-refractivity contribution in [1.29, 1.82) is 0 Å². The molecule has 0 spiro atoms. The van der Waals surface area contributed by atoms with Gasteiger partial charge in [-0.1, -0.05) is 38.1 Å². The predicted octanol–water partition coefficient (Wildman–Crippen LogP) is 4.19. The molecule has 1 aromatic carbocycles. The minimum atomic E-state index is 0.596. The molecule has 3 heteroatoms. The highest BCUT2D eigenvalue weighted by Crippen LogP contribution is 2.17. The van der Waals surface area contributed by atoms with Crippen molar-refractivity contribution >= 4 is 16.5 Å². The third-order valence-electron chi connectivity index (χ3n) is 2.71. The topological polar surface area (TPSA) is 24.9 Å². The SMILES string of the molecule is Cc1csc(NCc2ccc(C(C)C)cc2)n1. The van der Waals surface area contributed by atoms with Crippen LogP contribution in [0, 0.1) is 6.92 Å². The highest BCUT2D eigenvalue weighted by molar-refractivity contribution is 7.13. The number of benzene rings is 1. The standard InChI is InChI=1S/C14H18N2S/c1-10(2)13-6-4-12(5-7-13)8-15-14-16-11(3)9-17-14/h4-7,9-10H,8H2,1-3H3,(H,15,16). The van der Waals surface area contributed by atoms with E-state index in [0.717, 1.165) is 17.4 Å². The zero-order chi connectivity index (χ0) is 12.3. The van der Waals surface area contributed by atoms with Crippen LogP contribution >= 0.6 is 11.3 Å². The van der Waals surface area contributed by atoms with Gasteiger partial charge in [0, 0.05) is 11.9 Å². The van der Waals surface area contributed by atoms with Crippen molar-refractivity contribution in [3.8, 4) is 0 Å². The molecule has 0 bridgehead atoms. The summed E-state index contributed by atoms with van der Waals surface area (Å²) in [5.74, 6) is 0.596. The van der Waals surface area contributed by atoms with Crippen molar-refractivity contribution in [3.63, 3.8) is 0 Å². The summed E-state index contributed by atoms with van der Waals surface area (Å²) < 4.78 is 0. The molecule has 0 radical (unpaired) electrons. The molecule has 0 saturated heterocycles. The highest BCUT2D eigenvalue weighted by atomic mass is 32.1. The molecule has 1 aromatic heterocycles. The van der Waals surface area contributed by atoms with Gasteiger partial charge in [0.15, 0.2) is 5.13 Å². The minimum Gasteiger partial charge on any atom is -0.357 e. The fourth-order valence-corrected chi connectivity index (χ4v) is 2.32. The lowest BCUT2D eigenvalue weighted by Gasteiger charge is -2.07. The van der Waals surface area contributed by atoms with E-state index in [0.29, 0.717) is 5.92 Å². The largest absolute Gasteiger partial charge is 0.357 e. The highest BCUT2D eigenvalue weighted by Gasteiger charge is 2.00. The van der Waals surface area contributed by atoms with E-state index in [2.05, 4.69) is 53.8 Å². The van der Waals surface area contributed by atoms with Crippen LogP contribution in [-0.4, -0.2) is 4.98 Å². The number of thiazole rings is 1. The van der Waals surface area contributed by atoms with Gasteiger partial charge in [0.1, 0.15) is 0 Å². The average Bonchev–Trinajstić information content (AvgIpc) is 2.73. The first-order valence-electron chi connectivity index (χ1n) is 5.90. The van der Waals surface area contributed by atoms with Crippen LogP contribution in [0.2, 0.25) is 0 Å². The van der Waals surface area contributed by atoms with Crippen molar-refractivity contribution in [2.45, 2.75) is 33.2 Å². The van der Waals surface area contributed by atoms with Gasteiger partial charge in [-0.2, -0.15) is 0 Å². The third-order valence-corrected chi connectivity index (χ3v) is 3.63. The number of hydrogen-bond donors (Lipinski definition) is 1. The molecule has 0 saturated carbocycles. The van der Waals surface area contributed by atoms with Crippen LogP contribution in [0.1, 0.15) is 36.6 Å². The van der Waals surface area contributed by atoms with Crippen LogP contribution in [0.3, 0.4) is 0 Å². The lowest BCUT2D eigenvalue weighted by molar-refractivity contribution is 0.865. The van der Waals surface area contributed by atoms with Gasteiger partial charge < -0.3 is 5.32 Å². The first kappa shape index (κ1) is 12.1. The lowest BCUT2D eigenvalue weighted by Crippen LogP contribution is -1.99. The molecular formula is C14H18N2S. The summed E-state index contributed by atoms with van der Waals surface area (Å²) in [6.45, 7) is 7.28. The van der Waals surface area contributed by atoms with E-state index in [9.17, 15) is 0 Å². The second-order valence-corrected chi connectivity index (χ2v) is 5.40. The van der Waals surface area contributed by atoms with E-state index in [1.807, 2.05) is 6.92 Å². The predicted molar refractivity (Wildman–Crippen MR) is 74.7 cm³/mol. The first-order valence-corrected chi connectivity index (χ1v) is 6.78. The number of nitrogens with zero attached hydrogens (tertiary/aromatic N) is 1. The first-order chi connectivity index (χ1) is 8.15. The minimum absolute atomic E-state index is 0.596. The van der Waals surface area contributed by atoms with Crippen LogP contribution < -0.4 is 5.32 Å². The maximum absolute atomic E-state index is 4.38. The van der Waals surface area contributed by atoms with E-state index < -0.39 is 0 Å². The van der Waals surface area contributed by atoms with Crippen molar-refractivity contribution in [1.82, 2.24) is 4.98 Å². The lowest BCUT2D eigenvalue weighted by atomic mass is 10.0. The monoisotopic (exact) mass is 246 g/mol. The van der Waals surface area contributed by atoms with Crippen LogP contribution in [0.4, 0.5) is 5.13 Å². The number of aromatic nitrogens is 1. The number of aryl methyl sites for hydroxylation is 1. The summed E-state index contributed by atoms with van der Waals surface area (Å²) in [6, 6.07) is 8.77. The third kappa shape index (κ3) is 3.30. The summed E-state index contributed by atoms with van der Waals surface area (Å²) in [5.41, 5.74) is 3.76. The zero-order valence-corrected chi connectivity index (χ0v) is 11.3. The molecule has 2 rings (SSSR count). The average molecular weight is 246 g/mol. The Morgan fingerprint density at radius 2 is 1.94 bits per heavy atom. The van der Waals surface area contributed by atoms with Crippen molar-refractivity contribution in [2.75, 3.05) is 5.32 Å². The Hall–Kier alpha value is -1.35. The van der Waals surface area contributed by atoms with Crippen molar-refractivity contribution in [3.05, 3.63) is 46.5 Å². The van der Waals surface area contributed by atoms with Crippen molar-refractivity contribution < 1.29 is 0 Å². The Morgan fingerprint density at radius 3 is 2.47 bits per heavy atom. The smallest absolute Gasteiger partial charge is 0.183 e. The summed E-state index contributed by atoms with van der Waals surface area (Å²) >= 11 is 1.65. The van der Waals surface area contributed by atoms with E-state index in [4.69, 9.17) is 0 Å². The maximum Gasteiger partial charge on any atom is 0.183 e. The fraction of sp³-hybridized carbons (Fsp3) is 0.357. The van der Waals surface area contributed by atoms with Gasteiger partial charge in [-0.15, -0.1) is 11.3 Å². The molecule has 0 fully saturated rings. The summed E-state index contributed by atoms with van der Waals surface area (Å²) in [6.07, 6.45) is 0. The van der Waals surface area contributed by atoms with Gasteiger partial charge in [-0.3, -0.25) is 0 Å². The van der Waals surface area contributed by atoms with Gasteiger partial charge in [-0.05, 0) is 24.0 Å². The molecule has 0 atom stereocenters. The fourth-order valence-electron chi connectivity index (χ4n) is 1.63. The molecule has 2 nitrogen and oxygen atoms in total. The van der Waals surface area contributed by atoms with Crippen LogP contribution in [-0.2, 0) is 6.54 Å². The van der Waals surface area contributed by atoms with Crippen molar-refractivity contribution in [2.24, 2.45) is 0 Å². The molecule has 0 amide bonds. The Bertz CT molecular complexity index is 471. The van der Waals surface area contributed by atoms with Crippen LogP contribution in [0.5, 0.6) is 0 Å². The van der Waals surface area contributed by atoms with E-state index in [1.54, 1.807) is 11.3 Å². The number of hydrogen-bond acceptors (Lipinski definition) is 3. The number of nitrogens with one attached hydrogen (secondary N) is 1. The summed E-state index contributed by atoms with van der Waals surface area (Å²) in [7, 11) is 0. The van der Waals surface area contributed by atoms with Gasteiger partial charge in [-0.25, -0.2) is 4.98 Å². The number of anilines is 1. The second-order valence-electron chi connectivity index (χ2n) is 4.54. The summed E-state index contributed by atoms with van der Waals surface area (Å²) in [4.78, 5) is 4.38. The van der Waals surface area contributed by atoms with Gasteiger partial charge in [0.2, 0.25) is 0 Å². The molecule has 1 N–H and O–H groups in total. The van der Waals surface area contributed by atoms with Gasteiger partial charge in [0.05, 0.1) is 5.69 Å². The Labute approximate surface area is 107 Å². The van der Waals surface area contributed by atoms with E-state index in [-0.39, 0.29) is 0 Å². The molecule has 0 unspecified atom stereocenters. The van der Waals surface area contributed by atoms with Gasteiger partial charge >= 0.3 is 0 Å². The molecule has 2 aromatic rings. The second kappa shape index (κ2) is 5.32. The quantitative estimate of drug-likeness (QED) is 0.875. The van der Waals surface area contributed by atoms with Crippen LogP contribution in [0.25, 0.3) is 0 Å². The molecule has 1 heterocycles. The maximum atomic E-state index is 4.38. The normalized spacial score (nSPS) is 10.8. The Morgan fingerprint density at radius 1 is 1.24 bits per heavy atom. The van der Waals surface area contributed by atoms with Crippen LogP contribution in [0.15, 0.2) is 29.6 Å². The molecule has 0 aliphatic heterocycles. The molecule has 0 aliphatic carbocycles. The van der Waals surface area contributed by atoms with Gasteiger partial charge in [0.25, 0.3) is 0 Å². The molecule has 17 heavy (non-hydrogen) atoms. The van der Waals surface area contributed by atoms with E-state index in [1.165, 1.54) is 11.1 Å². The Balaban J connectivity index is 1.95. The molecular weight excluding hydrogens is 228 g/mol. The number of rotatable bonds is 4. The molecule has 90 valence electrons. The van der Waals surface area contributed by atoms with E-state index >= 15 is 0 Å². The zero-order valence-electron chi connectivity index (χ0n) is 10.5.